The monoisotopic (exact) mass is 391 g/mol. The van der Waals surface area contributed by atoms with Gasteiger partial charge in [0.1, 0.15) is 18.2 Å². The minimum absolute atomic E-state index is 0.274. The molecule has 0 spiro atoms. The first-order chi connectivity index (χ1) is 14.1. The number of benzene rings is 2. The van der Waals surface area contributed by atoms with Crippen molar-refractivity contribution in [2.45, 2.75) is 32.3 Å². The molecule has 0 fully saturated rings. The third-order valence-corrected chi connectivity index (χ3v) is 4.61. The molecular weight excluding hydrogens is 365 g/mol. The van der Waals surface area contributed by atoms with Gasteiger partial charge in [0.25, 0.3) is 0 Å². The Morgan fingerprint density at radius 2 is 2.03 bits per heavy atom. The SMILES string of the molecule is C=CCOc1ccc2nc(-c3ccc(C=CCCCC(C)O)c(F)c3)ccc2c1. The standard InChI is InChI=1S/C25H26FNO2/c1-3-15-29-22-12-14-25-20(16-22)11-13-24(27-25)21-10-9-19(23(26)17-21)8-6-4-5-7-18(2)28/h3,6,8-14,16-18,28H,1,4-5,7,15H2,2H3. The van der Waals surface area contributed by atoms with Gasteiger partial charge in [0.2, 0.25) is 0 Å². The first-order valence-corrected chi connectivity index (χ1v) is 9.86. The number of halogens is 1. The van der Waals surface area contributed by atoms with Crippen LogP contribution in [0.15, 0.2) is 67.3 Å². The number of allylic oxidation sites excluding steroid dienone is 1. The average molecular weight is 391 g/mol. The van der Waals surface area contributed by atoms with Gasteiger partial charge in [-0.25, -0.2) is 9.37 Å². The molecule has 0 aliphatic rings. The number of nitrogens with zero attached hydrogens (tertiary/aromatic N) is 1. The molecule has 0 aliphatic carbocycles. The van der Waals surface area contributed by atoms with E-state index in [2.05, 4.69) is 11.6 Å². The van der Waals surface area contributed by atoms with E-state index in [9.17, 15) is 9.50 Å². The molecule has 1 N–H and O–H groups in total. The average Bonchev–Trinajstić information content (AvgIpc) is 2.72. The van der Waals surface area contributed by atoms with Crippen molar-refractivity contribution in [3.63, 3.8) is 0 Å². The highest BCUT2D eigenvalue weighted by Crippen LogP contribution is 2.26. The van der Waals surface area contributed by atoms with Gasteiger partial charge in [-0.3, -0.25) is 0 Å². The van der Waals surface area contributed by atoms with Crippen LogP contribution in [0, 0.1) is 5.82 Å². The van der Waals surface area contributed by atoms with Gasteiger partial charge in [-0.1, -0.05) is 43.0 Å². The minimum Gasteiger partial charge on any atom is -0.490 e. The molecule has 0 aliphatic heterocycles. The van der Waals surface area contributed by atoms with E-state index in [4.69, 9.17) is 4.74 Å². The third-order valence-electron chi connectivity index (χ3n) is 4.61. The molecule has 29 heavy (non-hydrogen) atoms. The Hall–Kier alpha value is -2.98. The van der Waals surface area contributed by atoms with Crippen LogP contribution in [0.5, 0.6) is 5.75 Å². The number of rotatable bonds is 9. The Labute approximate surface area is 171 Å². The van der Waals surface area contributed by atoms with E-state index in [-0.39, 0.29) is 11.9 Å². The molecule has 3 rings (SSSR count). The second-order valence-electron chi connectivity index (χ2n) is 7.07. The first kappa shape index (κ1) is 20.7. The van der Waals surface area contributed by atoms with Crippen LogP contribution in [0.2, 0.25) is 0 Å². The summed E-state index contributed by atoms with van der Waals surface area (Å²) in [5, 5.41) is 10.2. The van der Waals surface area contributed by atoms with Crippen molar-refractivity contribution in [3.8, 4) is 17.0 Å². The van der Waals surface area contributed by atoms with Gasteiger partial charge in [0.15, 0.2) is 0 Å². The number of aliphatic hydroxyl groups is 1. The normalized spacial score (nSPS) is 12.4. The molecular formula is C25H26FNO2. The lowest BCUT2D eigenvalue weighted by Gasteiger charge is -2.07. The van der Waals surface area contributed by atoms with Gasteiger partial charge in [0, 0.05) is 16.5 Å². The summed E-state index contributed by atoms with van der Waals surface area (Å²) in [6.07, 6.45) is 7.60. The van der Waals surface area contributed by atoms with Crippen LogP contribution in [0.3, 0.4) is 0 Å². The minimum atomic E-state index is -0.292. The van der Waals surface area contributed by atoms with Crippen molar-refractivity contribution >= 4 is 17.0 Å². The predicted octanol–water partition coefficient (Wildman–Crippen LogP) is 6.17. The summed E-state index contributed by atoms with van der Waals surface area (Å²) in [7, 11) is 0. The van der Waals surface area contributed by atoms with Gasteiger partial charge in [0.05, 0.1) is 17.3 Å². The summed E-state index contributed by atoms with van der Waals surface area (Å²) in [5.74, 6) is 0.493. The molecule has 4 heteroatoms. The molecule has 0 saturated heterocycles. The van der Waals surface area contributed by atoms with Gasteiger partial charge in [-0.15, -0.1) is 0 Å². The van der Waals surface area contributed by atoms with E-state index in [1.54, 1.807) is 25.1 Å². The summed E-state index contributed by atoms with van der Waals surface area (Å²) in [6.45, 7) is 5.88. The zero-order valence-electron chi connectivity index (χ0n) is 16.6. The lowest BCUT2D eigenvalue weighted by atomic mass is 10.1. The number of aromatic nitrogens is 1. The van der Waals surface area contributed by atoms with Gasteiger partial charge in [-0.2, -0.15) is 0 Å². The number of pyridine rings is 1. The maximum absolute atomic E-state index is 14.5. The Kier molecular flexibility index (Phi) is 7.14. The van der Waals surface area contributed by atoms with Crippen LogP contribution < -0.4 is 4.74 Å². The zero-order valence-corrected chi connectivity index (χ0v) is 16.6. The Morgan fingerprint density at radius 3 is 2.79 bits per heavy atom. The van der Waals surface area contributed by atoms with E-state index in [1.807, 2.05) is 42.5 Å². The number of unbranched alkanes of at least 4 members (excludes halogenated alkanes) is 1. The highest BCUT2D eigenvalue weighted by atomic mass is 19.1. The fraction of sp³-hybridized carbons (Fsp3) is 0.240. The maximum atomic E-state index is 14.5. The summed E-state index contributed by atoms with van der Waals surface area (Å²) in [5.41, 5.74) is 2.85. The van der Waals surface area contributed by atoms with E-state index in [1.165, 1.54) is 6.07 Å². The van der Waals surface area contributed by atoms with Crippen molar-refractivity contribution in [2.24, 2.45) is 0 Å². The van der Waals surface area contributed by atoms with Crippen molar-refractivity contribution in [1.29, 1.82) is 0 Å². The number of aliphatic hydroxyl groups excluding tert-OH is 1. The van der Waals surface area contributed by atoms with Crippen molar-refractivity contribution in [3.05, 3.63) is 78.6 Å². The Morgan fingerprint density at radius 1 is 1.17 bits per heavy atom. The molecule has 1 aromatic heterocycles. The zero-order chi connectivity index (χ0) is 20.6. The second kappa shape index (κ2) is 9.99. The van der Waals surface area contributed by atoms with E-state index < -0.39 is 0 Å². The fourth-order valence-corrected chi connectivity index (χ4v) is 3.07. The van der Waals surface area contributed by atoms with Crippen LogP contribution in [0.4, 0.5) is 4.39 Å². The predicted molar refractivity (Wildman–Crippen MR) is 117 cm³/mol. The summed E-state index contributed by atoms with van der Waals surface area (Å²) < 4.78 is 20.1. The topological polar surface area (TPSA) is 42.4 Å². The van der Waals surface area contributed by atoms with E-state index >= 15 is 0 Å². The molecule has 0 amide bonds. The highest BCUT2D eigenvalue weighted by molar-refractivity contribution is 5.83. The molecule has 2 aromatic carbocycles. The van der Waals surface area contributed by atoms with Crippen LogP contribution in [-0.2, 0) is 0 Å². The molecule has 1 heterocycles. The number of fused-ring (bicyclic) bond motifs is 1. The number of ether oxygens (including phenoxy) is 1. The summed E-state index contributed by atoms with van der Waals surface area (Å²) in [4.78, 5) is 4.66. The van der Waals surface area contributed by atoms with Gasteiger partial charge >= 0.3 is 0 Å². The lowest BCUT2D eigenvalue weighted by molar-refractivity contribution is 0.182. The second-order valence-corrected chi connectivity index (χ2v) is 7.07. The van der Waals surface area contributed by atoms with Gasteiger partial charge in [-0.05, 0) is 56.5 Å². The van der Waals surface area contributed by atoms with Crippen LogP contribution in [0.1, 0.15) is 31.7 Å². The smallest absolute Gasteiger partial charge is 0.131 e. The quantitative estimate of drug-likeness (QED) is 0.350. The van der Waals surface area contributed by atoms with Crippen LogP contribution in [0.25, 0.3) is 28.2 Å². The van der Waals surface area contributed by atoms with Crippen molar-refractivity contribution < 1.29 is 14.2 Å². The van der Waals surface area contributed by atoms with Crippen LogP contribution >= 0.6 is 0 Å². The molecule has 0 saturated carbocycles. The third kappa shape index (κ3) is 5.75. The lowest BCUT2D eigenvalue weighted by Crippen LogP contribution is -1.97. The maximum Gasteiger partial charge on any atom is 0.131 e. The van der Waals surface area contributed by atoms with Gasteiger partial charge < -0.3 is 9.84 Å². The molecule has 0 radical (unpaired) electrons. The van der Waals surface area contributed by atoms with Crippen LogP contribution in [-0.4, -0.2) is 22.8 Å². The molecule has 3 aromatic rings. The first-order valence-electron chi connectivity index (χ1n) is 9.86. The fourth-order valence-electron chi connectivity index (χ4n) is 3.07. The molecule has 1 unspecified atom stereocenters. The van der Waals surface area contributed by atoms with E-state index in [0.717, 1.165) is 47.2 Å². The molecule has 1 atom stereocenters. The highest BCUT2D eigenvalue weighted by Gasteiger charge is 2.06. The summed E-state index contributed by atoms with van der Waals surface area (Å²) in [6, 6.07) is 14.7. The number of hydrogen-bond acceptors (Lipinski definition) is 3. The molecule has 3 nitrogen and oxygen atoms in total. The Balaban J connectivity index is 1.74. The van der Waals surface area contributed by atoms with Crippen molar-refractivity contribution in [1.82, 2.24) is 4.98 Å². The van der Waals surface area contributed by atoms with E-state index in [0.29, 0.717) is 12.2 Å². The number of hydrogen-bond donors (Lipinski definition) is 1. The van der Waals surface area contributed by atoms with Crippen molar-refractivity contribution in [2.75, 3.05) is 6.61 Å². The Bertz CT molecular complexity index is 1010. The molecule has 0 bridgehead atoms. The summed E-state index contributed by atoms with van der Waals surface area (Å²) >= 11 is 0. The largest absolute Gasteiger partial charge is 0.490 e. The molecule has 150 valence electrons.